The second-order valence-electron chi connectivity index (χ2n) is 6.41. The standard InChI is InChI=1S/C16H24N2O2S/c1-16(2,3)20-15(19)18-9-7-17(8-10-18)12-13-5-4-6-14(21)11-13/h4-6,11,21H,7-10,12H2,1-3H3. The minimum atomic E-state index is -0.429. The van der Waals surface area contributed by atoms with Gasteiger partial charge in [0.25, 0.3) is 0 Å². The average molecular weight is 308 g/mol. The molecule has 0 N–H and O–H groups in total. The zero-order valence-electron chi connectivity index (χ0n) is 13.0. The van der Waals surface area contributed by atoms with Crippen molar-refractivity contribution in [3.05, 3.63) is 29.8 Å². The molecule has 0 saturated carbocycles. The lowest BCUT2D eigenvalue weighted by Gasteiger charge is -2.35. The highest BCUT2D eigenvalue weighted by molar-refractivity contribution is 7.80. The molecule has 1 aliphatic heterocycles. The van der Waals surface area contributed by atoms with Gasteiger partial charge in [0.15, 0.2) is 0 Å². The average Bonchev–Trinajstić information content (AvgIpc) is 2.37. The molecule has 0 atom stereocenters. The molecule has 0 spiro atoms. The van der Waals surface area contributed by atoms with E-state index in [2.05, 4.69) is 29.7 Å². The molecule has 21 heavy (non-hydrogen) atoms. The number of rotatable bonds is 2. The summed E-state index contributed by atoms with van der Waals surface area (Å²) in [5, 5.41) is 0. The summed E-state index contributed by atoms with van der Waals surface area (Å²) in [6.45, 7) is 9.76. The summed E-state index contributed by atoms with van der Waals surface area (Å²) in [5.74, 6) is 0. The molecule has 1 aromatic carbocycles. The van der Waals surface area contributed by atoms with Gasteiger partial charge < -0.3 is 9.64 Å². The largest absolute Gasteiger partial charge is 0.444 e. The predicted octanol–water partition coefficient (Wildman–Crippen LogP) is 3.03. The third kappa shape index (κ3) is 5.25. The molecule has 5 heteroatoms. The first-order valence-electron chi connectivity index (χ1n) is 7.32. The van der Waals surface area contributed by atoms with Gasteiger partial charge in [0, 0.05) is 37.6 Å². The third-order valence-corrected chi connectivity index (χ3v) is 3.62. The molecule has 116 valence electrons. The van der Waals surface area contributed by atoms with Gasteiger partial charge >= 0.3 is 6.09 Å². The van der Waals surface area contributed by atoms with Gasteiger partial charge in [-0.1, -0.05) is 12.1 Å². The Kier molecular flexibility index (Phi) is 5.17. The van der Waals surface area contributed by atoms with Crippen LogP contribution in [0, 0.1) is 0 Å². The Morgan fingerprint density at radius 2 is 1.90 bits per heavy atom. The summed E-state index contributed by atoms with van der Waals surface area (Å²) in [4.78, 5) is 17.1. The molecule has 1 heterocycles. The van der Waals surface area contributed by atoms with Gasteiger partial charge in [0.2, 0.25) is 0 Å². The highest BCUT2D eigenvalue weighted by Gasteiger charge is 2.25. The van der Waals surface area contributed by atoms with Crippen molar-refractivity contribution in [2.45, 2.75) is 37.8 Å². The molecular formula is C16H24N2O2S. The van der Waals surface area contributed by atoms with Crippen molar-refractivity contribution >= 4 is 18.7 Å². The van der Waals surface area contributed by atoms with Gasteiger partial charge in [-0.3, -0.25) is 4.90 Å². The molecule has 0 unspecified atom stereocenters. The lowest BCUT2D eigenvalue weighted by molar-refractivity contribution is 0.0139. The Morgan fingerprint density at radius 1 is 1.24 bits per heavy atom. The quantitative estimate of drug-likeness (QED) is 0.853. The van der Waals surface area contributed by atoms with E-state index >= 15 is 0 Å². The fourth-order valence-electron chi connectivity index (χ4n) is 2.33. The van der Waals surface area contributed by atoms with Crippen LogP contribution in [0.25, 0.3) is 0 Å². The smallest absolute Gasteiger partial charge is 0.410 e. The van der Waals surface area contributed by atoms with Crippen LogP contribution in [0.2, 0.25) is 0 Å². The minimum Gasteiger partial charge on any atom is -0.444 e. The maximum atomic E-state index is 12.0. The second-order valence-corrected chi connectivity index (χ2v) is 6.93. The number of amides is 1. The first-order chi connectivity index (χ1) is 9.83. The van der Waals surface area contributed by atoms with Gasteiger partial charge in [-0.15, -0.1) is 12.6 Å². The molecule has 1 fully saturated rings. The molecule has 0 aromatic heterocycles. The molecule has 2 rings (SSSR count). The number of piperazine rings is 1. The van der Waals surface area contributed by atoms with Gasteiger partial charge in [0.1, 0.15) is 5.60 Å². The predicted molar refractivity (Wildman–Crippen MR) is 86.8 cm³/mol. The van der Waals surface area contributed by atoms with Crippen LogP contribution < -0.4 is 0 Å². The number of nitrogens with zero attached hydrogens (tertiary/aromatic N) is 2. The summed E-state index contributed by atoms with van der Waals surface area (Å²) in [6, 6.07) is 8.20. The lowest BCUT2D eigenvalue weighted by atomic mass is 10.2. The summed E-state index contributed by atoms with van der Waals surface area (Å²) in [6.07, 6.45) is -0.209. The van der Waals surface area contributed by atoms with E-state index < -0.39 is 5.60 Å². The van der Waals surface area contributed by atoms with Gasteiger partial charge in [-0.2, -0.15) is 0 Å². The van der Waals surface area contributed by atoms with E-state index in [1.165, 1.54) is 5.56 Å². The van der Waals surface area contributed by atoms with Crippen LogP contribution in [0.1, 0.15) is 26.3 Å². The van der Waals surface area contributed by atoms with E-state index in [0.717, 1.165) is 37.6 Å². The van der Waals surface area contributed by atoms with E-state index in [9.17, 15) is 4.79 Å². The van der Waals surface area contributed by atoms with Gasteiger partial charge in [-0.25, -0.2) is 4.79 Å². The van der Waals surface area contributed by atoms with Crippen molar-refractivity contribution in [3.63, 3.8) is 0 Å². The van der Waals surface area contributed by atoms with Crippen molar-refractivity contribution in [2.24, 2.45) is 0 Å². The topological polar surface area (TPSA) is 32.8 Å². The summed E-state index contributed by atoms with van der Waals surface area (Å²) in [5.41, 5.74) is 0.828. The van der Waals surface area contributed by atoms with E-state index in [1.54, 1.807) is 4.90 Å². The van der Waals surface area contributed by atoms with Crippen LogP contribution in [0.4, 0.5) is 4.79 Å². The molecule has 0 bridgehead atoms. The van der Waals surface area contributed by atoms with Crippen molar-refractivity contribution in [3.8, 4) is 0 Å². The van der Waals surface area contributed by atoms with Crippen LogP contribution in [0.3, 0.4) is 0 Å². The Bertz CT molecular complexity index is 491. The highest BCUT2D eigenvalue weighted by atomic mass is 32.1. The third-order valence-electron chi connectivity index (χ3n) is 3.34. The molecule has 1 aromatic rings. The van der Waals surface area contributed by atoms with Crippen LogP contribution in [0.5, 0.6) is 0 Å². The SMILES string of the molecule is CC(C)(C)OC(=O)N1CCN(Cc2cccc(S)c2)CC1. The molecule has 4 nitrogen and oxygen atoms in total. The van der Waals surface area contributed by atoms with Crippen LogP contribution in [-0.2, 0) is 11.3 Å². The van der Waals surface area contributed by atoms with Crippen LogP contribution in [-0.4, -0.2) is 47.7 Å². The van der Waals surface area contributed by atoms with E-state index in [4.69, 9.17) is 4.74 Å². The number of thiol groups is 1. The number of hydrogen-bond acceptors (Lipinski definition) is 4. The first-order valence-corrected chi connectivity index (χ1v) is 7.76. The zero-order chi connectivity index (χ0) is 15.5. The Labute approximate surface area is 132 Å². The number of benzene rings is 1. The Balaban J connectivity index is 1.82. The van der Waals surface area contributed by atoms with Crippen LogP contribution >= 0.6 is 12.6 Å². The van der Waals surface area contributed by atoms with Gasteiger partial charge in [0.05, 0.1) is 0 Å². The maximum absolute atomic E-state index is 12.0. The fraction of sp³-hybridized carbons (Fsp3) is 0.562. The Morgan fingerprint density at radius 3 is 2.48 bits per heavy atom. The van der Waals surface area contributed by atoms with E-state index in [-0.39, 0.29) is 6.09 Å². The molecular weight excluding hydrogens is 284 g/mol. The highest BCUT2D eigenvalue weighted by Crippen LogP contribution is 2.15. The maximum Gasteiger partial charge on any atom is 0.410 e. The normalized spacial score (nSPS) is 16.9. The number of carbonyl (C=O) groups is 1. The Hall–Kier alpha value is -1.20. The molecule has 1 amide bonds. The van der Waals surface area contributed by atoms with Crippen LogP contribution in [0.15, 0.2) is 29.2 Å². The van der Waals surface area contributed by atoms with E-state index in [0.29, 0.717) is 0 Å². The van der Waals surface area contributed by atoms with E-state index in [1.807, 2.05) is 32.9 Å². The number of carbonyl (C=O) groups excluding carboxylic acids is 1. The summed E-state index contributed by atoms with van der Waals surface area (Å²) < 4.78 is 5.40. The van der Waals surface area contributed by atoms with Crippen molar-refractivity contribution in [2.75, 3.05) is 26.2 Å². The number of hydrogen-bond donors (Lipinski definition) is 1. The summed E-state index contributed by atoms with van der Waals surface area (Å²) in [7, 11) is 0. The van der Waals surface area contributed by atoms with Gasteiger partial charge in [-0.05, 0) is 38.5 Å². The van der Waals surface area contributed by atoms with Crippen molar-refractivity contribution < 1.29 is 9.53 Å². The fourth-order valence-corrected chi connectivity index (χ4v) is 2.58. The van der Waals surface area contributed by atoms with Crippen molar-refractivity contribution in [1.82, 2.24) is 9.80 Å². The lowest BCUT2D eigenvalue weighted by Crippen LogP contribution is -2.49. The first kappa shape index (κ1) is 16.2. The minimum absolute atomic E-state index is 0.209. The molecule has 0 aliphatic carbocycles. The molecule has 0 radical (unpaired) electrons. The molecule has 1 aliphatic rings. The van der Waals surface area contributed by atoms with Crippen molar-refractivity contribution in [1.29, 1.82) is 0 Å². The monoisotopic (exact) mass is 308 g/mol. The zero-order valence-corrected chi connectivity index (χ0v) is 13.9. The second kappa shape index (κ2) is 6.71. The summed E-state index contributed by atoms with van der Waals surface area (Å²) >= 11 is 4.36. The number of ether oxygens (including phenoxy) is 1. The molecule has 1 saturated heterocycles.